The number of anilines is 1. The number of nitrogens with one attached hydrogen (secondary N) is 1. The number of phosphoric ester groups is 1. The summed E-state index contributed by atoms with van der Waals surface area (Å²) in [5.41, 5.74) is 3.46. The Morgan fingerprint density at radius 3 is 1.98 bits per heavy atom. The Morgan fingerprint density at radius 2 is 1.39 bits per heavy atom. The van der Waals surface area contributed by atoms with Crippen LogP contribution >= 0.6 is 7.82 Å². The van der Waals surface area contributed by atoms with Crippen molar-refractivity contribution in [2.75, 3.05) is 18.7 Å². The van der Waals surface area contributed by atoms with E-state index in [-0.39, 0.29) is 37.1 Å². The first-order chi connectivity index (χ1) is 26.8. The summed E-state index contributed by atoms with van der Waals surface area (Å²) in [6.07, 6.45) is 0. The van der Waals surface area contributed by atoms with Crippen LogP contribution < -0.4 is 15.0 Å². The van der Waals surface area contributed by atoms with Crippen LogP contribution in [0.4, 0.5) is 23.2 Å². The second kappa shape index (κ2) is 17.6. The smallest absolute Gasteiger partial charge is 0.467 e. The van der Waals surface area contributed by atoms with Crippen molar-refractivity contribution in [1.82, 2.24) is 10.2 Å². The average Bonchev–Trinajstić information content (AvgIpc) is 3.18. The van der Waals surface area contributed by atoms with Gasteiger partial charge in [0.15, 0.2) is 6.79 Å². The first-order valence-electron chi connectivity index (χ1n) is 17.6. The van der Waals surface area contributed by atoms with Gasteiger partial charge in [-0.3, -0.25) is 13.8 Å². The van der Waals surface area contributed by atoms with Crippen LogP contribution in [0.1, 0.15) is 56.7 Å². The highest BCUT2D eigenvalue weighted by molar-refractivity contribution is 7.48. The number of halogens is 4. The number of hydrogen-bond acceptors (Lipinski definition) is 8. The lowest BCUT2D eigenvalue weighted by molar-refractivity contribution is 0.0442. The molecule has 1 heterocycles. The number of phosphoric acid groups is 1. The minimum Gasteiger partial charge on any atom is -0.467 e. The summed E-state index contributed by atoms with van der Waals surface area (Å²) in [5.74, 6) is -3.88. The lowest BCUT2D eigenvalue weighted by Gasteiger charge is -2.43. The number of amides is 1. The van der Waals surface area contributed by atoms with Crippen molar-refractivity contribution < 1.29 is 45.2 Å². The van der Waals surface area contributed by atoms with E-state index >= 15 is 4.39 Å². The number of ether oxygens (including phenoxy) is 1. The molecule has 0 aliphatic carbocycles. The molecule has 1 amide bonds. The Bertz CT molecular complexity index is 2170. The molecule has 0 spiro atoms. The minimum absolute atomic E-state index is 0.0181. The summed E-state index contributed by atoms with van der Waals surface area (Å²) in [6, 6.07) is 26.9. The maximum atomic E-state index is 15.9. The standard InChI is InChI=1S/C42H40F4N3O6P/c1-27-17-34(52-26-55-56(51,53-24-30-11-7-5-8-12-30)54-25-31-13-9-6-10-14-31)21-40(46)37(27)23-49-29(3)48(4)28(2)35-16-15-32(18-41(35)49)42(50)47-22-36-38(44)19-33(43)20-39(36)45/h5-21,28H,3,22-26H2,1-2,4H3,(H,47,50)/t28-/m0/s1. The molecule has 0 radical (unpaired) electrons. The van der Waals surface area contributed by atoms with Crippen LogP contribution in [0.3, 0.4) is 0 Å². The topological polar surface area (TPSA) is 89.6 Å². The molecule has 5 aromatic rings. The first-order valence-corrected chi connectivity index (χ1v) is 19.1. The molecule has 1 N–H and O–H groups in total. The normalized spacial score (nSPS) is 14.1. The van der Waals surface area contributed by atoms with E-state index in [0.717, 1.165) is 16.7 Å². The molecular formula is C42H40F4N3O6P. The van der Waals surface area contributed by atoms with E-state index in [9.17, 15) is 22.5 Å². The molecule has 1 aliphatic heterocycles. The molecule has 0 fully saturated rings. The monoisotopic (exact) mass is 789 g/mol. The van der Waals surface area contributed by atoms with Gasteiger partial charge < -0.3 is 19.9 Å². The van der Waals surface area contributed by atoms with Crippen LogP contribution in [0.15, 0.2) is 116 Å². The van der Waals surface area contributed by atoms with Gasteiger partial charge in [-0.1, -0.05) is 73.3 Å². The van der Waals surface area contributed by atoms with E-state index in [0.29, 0.717) is 34.8 Å². The van der Waals surface area contributed by atoms with E-state index in [1.54, 1.807) is 36.1 Å². The zero-order valence-corrected chi connectivity index (χ0v) is 31.8. The van der Waals surface area contributed by atoms with Gasteiger partial charge in [-0.15, -0.1) is 0 Å². The quantitative estimate of drug-likeness (QED) is 0.0638. The lowest BCUT2D eigenvalue weighted by Crippen LogP contribution is -2.39. The summed E-state index contributed by atoms with van der Waals surface area (Å²) in [6.45, 7) is 6.75. The van der Waals surface area contributed by atoms with Crippen LogP contribution in [-0.2, 0) is 44.4 Å². The molecule has 6 rings (SSSR count). The zero-order valence-electron chi connectivity index (χ0n) is 30.9. The van der Waals surface area contributed by atoms with Crippen molar-refractivity contribution in [2.24, 2.45) is 0 Å². The molecule has 0 aromatic heterocycles. The van der Waals surface area contributed by atoms with Crippen LogP contribution in [0.25, 0.3) is 0 Å². The molecule has 1 atom stereocenters. The van der Waals surface area contributed by atoms with E-state index in [2.05, 4.69) is 11.9 Å². The van der Waals surface area contributed by atoms with Crippen LogP contribution in [-0.4, -0.2) is 24.6 Å². The SMILES string of the molecule is C=C1N(Cc2c(C)cc(OCOP(=O)(OCc3ccccc3)OCc3ccccc3)cc2F)c2cc(C(=O)NCc3c(F)cc(F)cc3F)ccc2[C@H](C)N1C. The summed E-state index contributed by atoms with van der Waals surface area (Å²) >= 11 is 0. The van der Waals surface area contributed by atoms with Gasteiger partial charge >= 0.3 is 7.82 Å². The molecule has 0 saturated heterocycles. The predicted octanol–water partition coefficient (Wildman–Crippen LogP) is 9.86. The molecule has 14 heteroatoms. The third kappa shape index (κ3) is 9.49. The summed E-state index contributed by atoms with van der Waals surface area (Å²) < 4.78 is 93.9. The number of benzene rings is 5. The van der Waals surface area contributed by atoms with Gasteiger partial charge in [0.05, 0.1) is 25.8 Å². The number of fused-ring (bicyclic) bond motifs is 1. The van der Waals surface area contributed by atoms with Crippen molar-refractivity contribution in [3.63, 3.8) is 0 Å². The predicted molar refractivity (Wildman–Crippen MR) is 203 cm³/mol. The Morgan fingerprint density at radius 1 is 0.804 bits per heavy atom. The second-order valence-electron chi connectivity index (χ2n) is 13.2. The molecule has 56 heavy (non-hydrogen) atoms. The van der Waals surface area contributed by atoms with Crippen LogP contribution in [0, 0.1) is 30.2 Å². The fourth-order valence-electron chi connectivity index (χ4n) is 6.13. The van der Waals surface area contributed by atoms with E-state index in [1.165, 1.54) is 6.07 Å². The van der Waals surface area contributed by atoms with E-state index < -0.39 is 55.9 Å². The van der Waals surface area contributed by atoms with Crippen molar-refractivity contribution in [2.45, 2.75) is 46.2 Å². The Balaban J connectivity index is 1.16. The number of aryl methyl sites for hydroxylation is 1. The highest BCUT2D eigenvalue weighted by Gasteiger charge is 2.32. The molecule has 1 aliphatic rings. The van der Waals surface area contributed by atoms with Gasteiger partial charge in [-0.25, -0.2) is 26.7 Å². The lowest BCUT2D eigenvalue weighted by atomic mass is 9.97. The summed E-state index contributed by atoms with van der Waals surface area (Å²) in [7, 11) is -2.30. The number of carbonyl (C=O) groups is 1. The van der Waals surface area contributed by atoms with Crippen molar-refractivity contribution in [1.29, 1.82) is 0 Å². The molecule has 292 valence electrons. The largest absolute Gasteiger partial charge is 0.478 e. The number of hydrogen-bond donors (Lipinski definition) is 1. The molecular weight excluding hydrogens is 749 g/mol. The summed E-state index contributed by atoms with van der Waals surface area (Å²) in [5, 5.41) is 2.49. The molecule has 9 nitrogen and oxygen atoms in total. The zero-order chi connectivity index (χ0) is 40.0. The highest BCUT2D eigenvalue weighted by Crippen LogP contribution is 2.51. The van der Waals surface area contributed by atoms with Gasteiger partial charge in [0.25, 0.3) is 5.91 Å². The van der Waals surface area contributed by atoms with Crippen molar-refractivity contribution >= 4 is 19.4 Å². The summed E-state index contributed by atoms with van der Waals surface area (Å²) in [4.78, 5) is 16.9. The third-order valence-corrected chi connectivity index (χ3v) is 10.8. The average molecular weight is 790 g/mol. The molecule has 0 unspecified atom stereocenters. The first kappa shape index (κ1) is 40.2. The highest BCUT2D eigenvalue weighted by atomic mass is 31.2. The van der Waals surface area contributed by atoms with E-state index in [4.69, 9.17) is 18.3 Å². The van der Waals surface area contributed by atoms with Crippen LogP contribution in [0.2, 0.25) is 0 Å². The van der Waals surface area contributed by atoms with E-state index in [1.807, 2.05) is 79.5 Å². The van der Waals surface area contributed by atoms with Gasteiger partial charge in [0.1, 0.15) is 34.8 Å². The minimum atomic E-state index is -4.15. The Labute approximate surface area is 322 Å². The maximum Gasteiger partial charge on any atom is 0.478 e. The third-order valence-electron chi connectivity index (χ3n) is 9.47. The number of nitrogens with zero attached hydrogens (tertiary/aromatic N) is 2. The fraction of sp³-hybridized carbons (Fsp3) is 0.214. The Hall–Kier alpha value is -5.46. The Kier molecular flexibility index (Phi) is 12.6. The van der Waals surface area contributed by atoms with Crippen molar-refractivity contribution in [3.8, 4) is 5.75 Å². The fourth-order valence-corrected chi connectivity index (χ4v) is 7.15. The molecule has 5 aromatic carbocycles. The van der Waals surface area contributed by atoms with Crippen LogP contribution in [0.5, 0.6) is 5.75 Å². The number of carbonyl (C=O) groups excluding carboxylic acids is 1. The maximum absolute atomic E-state index is 15.9. The van der Waals surface area contributed by atoms with Gasteiger partial charge in [-0.05, 0) is 54.3 Å². The number of rotatable bonds is 15. The van der Waals surface area contributed by atoms with Gasteiger partial charge in [0, 0.05) is 54.2 Å². The molecule has 0 saturated carbocycles. The van der Waals surface area contributed by atoms with Gasteiger partial charge in [-0.2, -0.15) is 0 Å². The van der Waals surface area contributed by atoms with Gasteiger partial charge in [0.2, 0.25) is 0 Å². The van der Waals surface area contributed by atoms with Crippen molar-refractivity contribution in [3.05, 3.63) is 178 Å². The molecule has 0 bridgehead atoms. The second-order valence-corrected chi connectivity index (χ2v) is 14.8.